The smallest absolute Gasteiger partial charge is 0.245 e. The van der Waals surface area contributed by atoms with Crippen LogP contribution in [0.25, 0.3) is 0 Å². The van der Waals surface area contributed by atoms with Crippen molar-refractivity contribution in [3.05, 3.63) is 23.0 Å². The zero-order valence-corrected chi connectivity index (χ0v) is 12.7. The maximum atomic E-state index is 13.9. The van der Waals surface area contributed by atoms with Crippen LogP contribution in [0.4, 0.5) is 10.1 Å². The van der Waals surface area contributed by atoms with E-state index in [4.69, 9.17) is 17.3 Å². The van der Waals surface area contributed by atoms with Gasteiger partial charge in [0.25, 0.3) is 0 Å². The fourth-order valence-corrected chi connectivity index (χ4v) is 3.30. The van der Waals surface area contributed by atoms with Gasteiger partial charge in [-0.25, -0.2) is 17.1 Å². The first-order valence-electron chi connectivity index (χ1n) is 5.91. The Kier molecular flexibility index (Phi) is 5.18. The van der Waals surface area contributed by atoms with Gasteiger partial charge < -0.3 is 5.73 Å². The molecule has 0 fully saturated rings. The third-order valence-electron chi connectivity index (χ3n) is 2.99. The van der Waals surface area contributed by atoms with Crippen LogP contribution in [0.1, 0.15) is 20.3 Å². The molecule has 1 unspecified atom stereocenters. The Bertz CT molecular complexity index is 563. The number of sulfonamides is 1. The van der Waals surface area contributed by atoms with Gasteiger partial charge in [-0.2, -0.15) is 0 Å². The highest BCUT2D eigenvalue weighted by molar-refractivity contribution is 7.89. The van der Waals surface area contributed by atoms with Crippen LogP contribution in [0, 0.1) is 11.7 Å². The van der Waals surface area contributed by atoms with Crippen LogP contribution in [0.15, 0.2) is 17.0 Å². The quantitative estimate of drug-likeness (QED) is 0.851. The van der Waals surface area contributed by atoms with E-state index in [0.29, 0.717) is 6.54 Å². The van der Waals surface area contributed by atoms with E-state index in [2.05, 4.69) is 0 Å². The third kappa shape index (κ3) is 3.58. The predicted molar refractivity (Wildman–Crippen MR) is 75.1 cm³/mol. The summed E-state index contributed by atoms with van der Waals surface area (Å²) in [6, 6.07) is 2.26. The molecule has 0 saturated heterocycles. The van der Waals surface area contributed by atoms with Crippen molar-refractivity contribution in [3.63, 3.8) is 0 Å². The number of benzene rings is 1. The largest absolute Gasteiger partial charge is 0.396 e. The van der Waals surface area contributed by atoms with Crippen LogP contribution in [0.2, 0.25) is 5.02 Å². The lowest BCUT2D eigenvalue weighted by Crippen LogP contribution is -2.31. The summed E-state index contributed by atoms with van der Waals surface area (Å²) in [5.74, 6) is -0.778. The molecule has 0 radical (unpaired) electrons. The Morgan fingerprint density at radius 2 is 2.05 bits per heavy atom. The lowest BCUT2D eigenvalue weighted by atomic mass is 10.1. The van der Waals surface area contributed by atoms with Gasteiger partial charge in [0, 0.05) is 18.6 Å². The normalized spacial score (nSPS) is 13.8. The monoisotopic (exact) mass is 308 g/mol. The fraction of sp³-hybridized carbons (Fsp3) is 0.500. The summed E-state index contributed by atoms with van der Waals surface area (Å²) in [5, 5.41) is 0.0921. The number of nitrogens with zero attached hydrogens (tertiary/aromatic N) is 1. The number of rotatable bonds is 5. The summed E-state index contributed by atoms with van der Waals surface area (Å²) >= 11 is 5.74. The fourth-order valence-electron chi connectivity index (χ4n) is 1.61. The summed E-state index contributed by atoms with van der Waals surface area (Å²) in [5.41, 5.74) is 5.13. The summed E-state index contributed by atoms with van der Waals surface area (Å²) in [7, 11) is -2.51. The van der Waals surface area contributed by atoms with Crippen LogP contribution < -0.4 is 5.73 Å². The lowest BCUT2D eigenvalue weighted by molar-refractivity contribution is 0.391. The summed E-state index contributed by atoms with van der Waals surface area (Å²) in [6.45, 7) is 4.20. The molecule has 1 aromatic carbocycles. The zero-order valence-electron chi connectivity index (χ0n) is 11.2. The van der Waals surface area contributed by atoms with Crippen molar-refractivity contribution in [2.75, 3.05) is 19.3 Å². The van der Waals surface area contributed by atoms with E-state index < -0.39 is 20.7 Å². The molecule has 0 aromatic heterocycles. The number of nitrogens with two attached hydrogens (primary N) is 1. The van der Waals surface area contributed by atoms with Gasteiger partial charge in [0.15, 0.2) is 5.82 Å². The van der Waals surface area contributed by atoms with Gasteiger partial charge in [-0.05, 0) is 18.1 Å². The maximum Gasteiger partial charge on any atom is 0.245 e. The predicted octanol–water partition coefficient (Wildman–Crippen LogP) is 2.73. The SMILES string of the molecule is CCC(C)CN(C)S(=O)(=O)c1cc(Cl)cc(N)c1F. The molecule has 0 aliphatic carbocycles. The number of anilines is 1. The van der Waals surface area contributed by atoms with E-state index in [-0.39, 0.29) is 16.6 Å². The van der Waals surface area contributed by atoms with Gasteiger partial charge in [-0.3, -0.25) is 0 Å². The third-order valence-corrected chi connectivity index (χ3v) is 5.03. The first-order chi connectivity index (χ1) is 8.70. The second kappa shape index (κ2) is 6.07. The van der Waals surface area contributed by atoms with E-state index >= 15 is 0 Å². The minimum Gasteiger partial charge on any atom is -0.396 e. The minimum absolute atomic E-state index is 0.0921. The number of hydrogen-bond donors (Lipinski definition) is 1. The summed E-state index contributed by atoms with van der Waals surface area (Å²) < 4.78 is 39.5. The second-order valence-corrected chi connectivity index (χ2v) is 7.06. The van der Waals surface area contributed by atoms with Gasteiger partial charge in [-0.15, -0.1) is 0 Å². The minimum atomic E-state index is -3.93. The highest BCUT2D eigenvalue weighted by Crippen LogP contribution is 2.27. The Hall–Kier alpha value is -0.850. The molecule has 4 nitrogen and oxygen atoms in total. The summed E-state index contributed by atoms with van der Waals surface area (Å²) in [6.07, 6.45) is 0.833. The molecular weight excluding hydrogens is 291 g/mol. The molecule has 19 heavy (non-hydrogen) atoms. The molecule has 0 saturated carbocycles. The Labute approximate surface area is 118 Å². The standard InChI is InChI=1S/C12H18ClFN2O2S/c1-4-8(2)7-16(3)19(17,18)11-6-9(13)5-10(15)12(11)14/h5-6,8H,4,7,15H2,1-3H3. The van der Waals surface area contributed by atoms with Crippen molar-refractivity contribution in [2.24, 2.45) is 5.92 Å². The molecule has 7 heteroatoms. The van der Waals surface area contributed by atoms with E-state index in [1.165, 1.54) is 13.1 Å². The molecule has 0 bridgehead atoms. The van der Waals surface area contributed by atoms with Gasteiger partial charge in [0.1, 0.15) is 4.90 Å². The van der Waals surface area contributed by atoms with Gasteiger partial charge in [0.2, 0.25) is 10.0 Å². The molecule has 0 amide bonds. The lowest BCUT2D eigenvalue weighted by Gasteiger charge is -2.21. The summed E-state index contributed by atoms with van der Waals surface area (Å²) in [4.78, 5) is -0.483. The Morgan fingerprint density at radius 1 is 1.47 bits per heavy atom. The molecule has 1 atom stereocenters. The molecular formula is C12H18ClFN2O2S. The molecule has 0 aliphatic heterocycles. The number of nitrogen functional groups attached to an aromatic ring is 1. The van der Waals surface area contributed by atoms with Crippen molar-refractivity contribution in [1.29, 1.82) is 0 Å². The van der Waals surface area contributed by atoms with Crippen LogP contribution >= 0.6 is 11.6 Å². The van der Waals surface area contributed by atoms with E-state index in [1.807, 2.05) is 13.8 Å². The van der Waals surface area contributed by atoms with Crippen LogP contribution in [0.3, 0.4) is 0 Å². The molecule has 1 rings (SSSR count). The van der Waals surface area contributed by atoms with E-state index in [1.54, 1.807) is 0 Å². The maximum absolute atomic E-state index is 13.9. The number of hydrogen-bond acceptors (Lipinski definition) is 3. The first-order valence-corrected chi connectivity index (χ1v) is 7.72. The van der Waals surface area contributed by atoms with Crippen molar-refractivity contribution in [2.45, 2.75) is 25.2 Å². The molecule has 0 spiro atoms. The average molecular weight is 309 g/mol. The number of halogens is 2. The topological polar surface area (TPSA) is 63.4 Å². The molecule has 0 aliphatic rings. The highest BCUT2D eigenvalue weighted by Gasteiger charge is 2.27. The van der Waals surface area contributed by atoms with Gasteiger partial charge in [0.05, 0.1) is 5.69 Å². The highest BCUT2D eigenvalue weighted by atomic mass is 35.5. The van der Waals surface area contributed by atoms with Crippen LogP contribution in [-0.2, 0) is 10.0 Å². The molecule has 1 aromatic rings. The first kappa shape index (κ1) is 16.2. The van der Waals surface area contributed by atoms with Crippen LogP contribution in [-0.4, -0.2) is 26.3 Å². The van der Waals surface area contributed by atoms with Crippen LogP contribution in [0.5, 0.6) is 0 Å². The Balaban J connectivity index is 3.20. The molecule has 0 heterocycles. The van der Waals surface area contributed by atoms with Crippen molar-refractivity contribution in [1.82, 2.24) is 4.31 Å². The van der Waals surface area contributed by atoms with Gasteiger partial charge >= 0.3 is 0 Å². The molecule has 108 valence electrons. The zero-order chi connectivity index (χ0) is 14.8. The van der Waals surface area contributed by atoms with E-state index in [9.17, 15) is 12.8 Å². The van der Waals surface area contributed by atoms with Crippen molar-refractivity contribution >= 4 is 27.3 Å². The molecule has 2 N–H and O–H groups in total. The van der Waals surface area contributed by atoms with E-state index in [0.717, 1.165) is 16.8 Å². The van der Waals surface area contributed by atoms with Crippen molar-refractivity contribution < 1.29 is 12.8 Å². The Morgan fingerprint density at radius 3 is 2.58 bits per heavy atom. The van der Waals surface area contributed by atoms with Crippen molar-refractivity contribution in [3.8, 4) is 0 Å². The second-order valence-electron chi connectivity index (χ2n) is 4.61. The van der Waals surface area contributed by atoms with Gasteiger partial charge in [-0.1, -0.05) is 31.9 Å². The average Bonchev–Trinajstić information content (AvgIpc) is 2.33.